The van der Waals surface area contributed by atoms with E-state index in [4.69, 9.17) is 23.2 Å². The molecular formula is C11H12Cl2N2O. The molecule has 3 nitrogen and oxygen atoms in total. The molecule has 2 rings (SSSR count). The molecule has 1 aromatic rings. The molecule has 1 saturated carbocycles. The number of halogens is 2. The van der Waals surface area contributed by atoms with Crippen molar-refractivity contribution in [1.82, 2.24) is 5.32 Å². The molecule has 0 aromatic heterocycles. The fourth-order valence-corrected chi connectivity index (χ4v) is 1.83. The summed E-state index contributed by atoms with van der Waals surface area (Å²) in [6.45, 7) is 0. The summed E-state index contributed by atoms with van der Waals surface area (Å²) in [5, 5.41) is 6.57. The third-order valence-electron chi connectivity index (χ3n) is 2.62. The van der Waals surface area contributed by atoms with Crippen molar-refractivity contribution in [2.75, 3.05) is 5.32 Å². The van der Waals surface area contributed by atoms with Crippen molar-refractivity contribution in [2.24, 2.45) is 0 Å². The Labute approximate surface area is 104 Å². The molecule has 0 aliphatic heterocycles. The number of anilines is 1. The van der Waals surface area contributed by atoms with Gasteiger partial charge in [-0.25, -0.2) is 4.79 Å². The van der Waals surface area contributed by atoms with Crippen LogP contribution in [-0.4, -0.2) is 12.1 Å². The highest BCUT2D eigenvalue weighted by molar-refractivity contribution is 6.35. The first-order chi connectivity index (χ1) is 7.65. The monoisotopic (exact) mass is 258 g/mol. The van der Waals surface area contributed by atoms with E-state index < -0.39 is 0 Å². The summed E-state index contributed by atoms with van der Waals surface area (Å²) in [4.78, 5) is 11.6. The molecule has 2 N–H and O–H groups in total. The SMILES string of the molecule is O=C(Nc1cc(Cl)ccc1Cl)NC1CCC1. The Bertz CT molecular complexity index is 405. The number of carbonyl (C=O) groups excluding carboxylic acids is 1. The summed E-state index contributed by atoms with van der Waals surface area (Å²) in [6, 6.07) is 5.04. The van der Waals surface area contributed by atoms with Crippen LogP contribution in [0.15, 0.2) is 18.2 Å². The molecular weight excluding hydrogens is 247 g/mol. The van der Waals surface area contributed by atoms with Gasteiger partial charge in [0.05, 0.1) is 10.7 Å². The number of urea groups is 1. The Morgan fingerprint density at radius 1 is 1.31 bits per heavy atom. The van der Waals surface area contributed by atoms with Crippen LogP contribution in [0.25, 0.3) is 0 Å². The maximum Gasteiger partial charge on any atom is 0.319 e. The van der Waals surface area contributed by atoms with Gasteiger partial charge < -0.3 is 10.6 Å². The number of nitrogens with one attached hydrogen (secondary N) is 2. The lowest BCUT2D eigenvalue weighted by atomic mass is 9.93. The second-order valence-corrected chi connectivity index (χ2v) is 4.69. The van der Waals surface area contributed by atoms with Crippen LogP contribution in [0.4, 0.5) is 10.5 Å². The van der Waals surface area contributed by atoms with Crippen molar-refractivity contribution in [2.45, 2.75) is 25.3 Å². The zero-order valence-corrected chi connectivity index (χ0v) is 10.1. The van der Waals surface area contributed by atoms with Gasteiger partial charge in [-0.1, -0.05) is 23.2 Å². The van der Waals surface area contributed by atoms with Crippen LogP contribution in [-0.2, 0) is 0 Å². The van der Waals surface area contributed by atoms with Crippen LogP contribution in [0.3, 0.4) is 0 Å². The van der Waals surface area contributed by atoms with Crippen LogP contribution >= 0.6 is 23.2 Å². The maximum absolute atomic E-state index is 11.6. The number of benzene rings is 1. The normalized spacial score (nSPS) is 15.4. The lowest BCUT2D eigenvalue weighted by molar-refractivity contribution is 0.240. The van der Waals surface area contributed by atoms with Gasteiger partial charge in [0.25, 0.3) is 0 Å². The van der Waals surface area contributed by atoms with Gasteiger partial charge in [0.1, 0.15) is 0 Å². The first-order valence-electron chi connectivity index (χ1n) is 5.18. The fourth-order valence-electron chi connectivity index (χ4n) is 1.49. The van der Waals surface area contributed by atoms with Gasteiger partial charge >= 0.3 is 6.03 Å². The predicted octanol–water partition coefficient (Wildman–Crippen LogP) is 3.67. The molecule has 0 saturated heterocycles. The highest BCUT2D eigenvalue weighted by Crippen LogP contribution is 2.25. The smallest absolute Gasteiger partial charge is 0.319 e. The second kappa shape index (κ2) is 4.93. The number of amides is 2. The van der Waals surface area contributed by atoms with E-state index >= 15 is 0 Å². The molecule has 1 aliphatic carbocycles. The van der Waals surface area contributed by atoms with Gasteiger partial charge in [-0.3, -0.25) is 0 Å². The minimum atomic E-state index is -0.228. The summed E-state index contributed by atoms with van der Waals surface area (Å²) in [5.41, 5.74) is 0.533. The van der Waals surface area contributed by atoms with E-state index in [1.165, 1.54) is 6.42 Å². The molecule has 1 aliphatic rings. The Hall–Kier alpha value is -0.930. The minimum Gasteiger partial charge on any atom is -0.335 e. The summed E-state index contributed by atoms with van der Waals surface area (Å²) in [5.74, 6) is 0. The van der Waals surface area contributed by atoms with Crippen molar-refractivity contribution in [3.8, 4) is 0 Å². The van der Waals surface area contributed by atoms with E-state index in [1.807, 2.05) is 0 Å². The van der Waals surface area contributed by atoms with Crippen molar-refractivity contribution in [3.63, 3.8) is 0 Å². The quantitative estimate of drug-likeness (QED) is 0.835. The Balaban J connectivity index is 1.96. The molecule has 0 radical (unpaired) electrons. The number of carbonyl (C=O) groups is 1. The minimum absolute atomic E-state index is 0.228. The van der Waals surface area contributed by atoms with Gasteiger partial charge in [-0.05, 0) is 37.5 Å². The van der Waals surface area contributed by atoms with Crippen LogP contribution in [0.5, 0.6) is 0 Å². The molecule has 0 spiro atoms. The van der Waals surface area contributed by atoms with Gasteiger partial charge in [0.15, 0.2) is 0 Å². The standard InChI is InChI=1S/C11H12Cl2N2O/c12-7-4-5-9(13)10(6-7)15-11(16)14-8-2-1-3-8/h4-6,8H,1-3H2,(H2,14,15,16). The van der Waals surface area contributed by atoms with E-state index in [2.05, 4.69) is 10.6 Å². The van der Waals surface area contributed by atoms with Gasteiger partial charge in [-0.2, -0.15) is 0 Å². The van der Waals surface area contributed by atoms with Gasteiger partial charge in [-0.15, -0.1) is 0 Å². The zero-order valence-electron chi connectivity index (χ0n) is 8.59. The van der Waals surface area contributed by atoms with Crippen LogP contribution in [0, 0.1) is 0 Å². The van der Waals surface area contributed by atoms with Crippen molar-refractivity contribution in [3.05, 3.63) is 28.2 Å². The van der Waals surface area contributed by atoms with Gasteiger partial charge in [0, 0.05) is 11.1 Å². The van der Waals surface area contributed by atoms with Crippen LogP contribution < -0.4 is 10.6 Å². The predicted molar refractivity (Wildman–Crippen MR) is 66.3 cm³/mol. The average molecular weight is 259 g/mol. The summed E-state index contributed by atoms with van der Waals surface area (Å²) >= 11 is 11.7. The van der Waals surface area contributed by atoms with Gasteiger partial charge in [0.2, 0.25) is 0 Å². The Morgan fingerprint density at radius 3 is 2.69 bits per heavy atom. The number of hydrogen-bond acceptors (Lipinski definition) is 1. The third kappa shape index (κ3) is 2.80. The molecule has 1 fully saturated rings. The lowest BCUT2D eigenvalue weighted by Crippen LogP contribution is -2.41. The summed E-state index contributed by atoms with van der Waals surface area (Å²) in [6.07, 6.45) is 3.29. The molecule has 2 amide bonds. The summed E-state index contributed by atoms with van der Waals surface area (Å²) in [7, 11) is 0. The van der Waals surface area contributed by atoms with Crippen molar-refractivity contribution >= 4 is 34.9 Å². The fraction of sp³-hybridized carbons (Fsp3) is 0.364. The maximum atomic E-state index is 11.6. The number of hydrogen-bond donors (Lipinski definition) is 2. The molecule has 0 heterocycles. The van der Waals surface area contributed by atoms with Crippen LogP contribution in [0.2, 0.25) is 10.0 Å². The highest BCUT2D eigenvalue weighted by atomic mass is 35.5. The molecule has 86 valence electrons. The first-order valence-corrected chi connectivity index (χ1v) is 5.93. The van der Waals surface area contributed by atoms with E-state index in [9.17, 15) is 4.79 Å². The molecule has 16 heavy (non-hydrogen) atoms. The first kappa shape index (κ1) is 11.6. The van der Waals surface area contributed by atoms with E-state index in [0.29, 0.717) is 21.8 Å². The Kier molecular flexibility index (Phi) is 3.56. The Morgan fingerprint density at radius 2 is 2.06 bits per heavy atom. The molecule has 5 heteroatoms. The van der Waals surface area contributed by atoms with E-state index in [1.54, 1.807) is 18.2 Å². The van der Waals surface area contributed by atoms with Crippen molar-refractivity contribution in [1.29, 1.82) is 0 Å². The zero-order chi connectivity index (χ0) is 11.5. The van der Waals surface area contributed by atoms with E-state index in [0.717, 1.165) is 12.8 Å². The average Bonchev–Trinajstić information content (AvgIpc) is 2.18. The van der Waals surface area contributed by atoms with Crippen LogP contribution in [0.1, 0.15) is 19.3 Å². The van der Waals surface area contributed by atoms with Crippen molar-refractivity contribution < 1.29 is 4.79 Å². The number of rotatable bonds is 2. The lowest BCUT2D eigenvalue weighted by Gasteiger charge is -2.26. The highest BCUT2D eigenvalue weighted by Gasteiger charge is 2.19. The molecule has 0 atom stereocenters. The molecule has 0 bridgehead atoms. The second-order valence-electron chi connectivity index (χ2n) is 3.85. The largest absolute Gasteiger partial charge is 0.335 e. The van der Waals surface area contributed by atoms with E-state index in [-0.39, 0.29) is 6.03 Å². The third-order valence-corrected chi connectivity index (χ3v) is 3.18. The topological polar surface area (TPSA) is 41.1 Å². The summed E-state index contributed by atoms with van der Waals surface area (Å²) < 4.78 is 0. The molecule has 0 unspecified atom stereocenters. The molecule has 1 aromatic carbocycles.